The number of H-pyrrole nitrogens is 1. The number of halogens is 2. The number of nitrogens with two attached hydrogens (primary N) is 1. The van der Waals surface area contributed by atoms with Gasteiger partial charge >= 0.3 is 0 Å². The first-order chi connectivity index (χ1) is 8.28. The van der Waals surface area contributed by atoms with Gasteiger partial charge in [0.15, 0.2) is 5.69 Å². The SMILES string of the molecule is CC(C)c1[nH]nc(C(=O)NCC(F)(F)CO)c1N. The van der Waals surface area contributed by atoms with Crippen LogP contribution in [-0.4, -0.2) is 40.3 Å². The summed E-state index contributed by atoms with van der Waals surface area (Å²) < 4.78 is 25.5. The first-order valence-electron chi connectivity index (χ1n) is 5.39. The van der Waals surface area contributed by atoms with Crippen LogP contribution in [0.3, 0.4) is 0 Å². The molecular weight excluding hydrogens is 246 g/mol. The maximum absolute atomic E-state index is 12.7. The zero-order valence-electron chi connectivity index (χ0n) is 10.1. The van der Waals surface area contributed by atoms with Crippen LogP contribution in [0.4, 0.5) is 14.5 Å². The van der Waals surface area contributed by atoms with E-state index in [9.17, 15) is 13.6 Å². The van der Waals surface area contributed by atoms with Crippen molar-refractivity contribution in [1.29, 1.82) is 0 Å². The van der Waals surface area contributed by atoms with Gasteiger partial charge in [0.1, 0.15) is 6.61 Å². The topological polar surface area (TPSA) is 104 Å². The predicted molar refractivity (Wildman–Crippen MR) is 61.5 cm³/mol. The molecule has 0 aromatic carbocycles. The fourth-order valence-corrected chi connectivity index (χ4v) is 1.33. The van der Waals surface area contributed by atoms with Crippen LogP contribution in [0.2, 0.25) is 0 Å². The molecule has 102 valence electrons. The highest BCUT2D eigenvalue weighted by Gasteiger charge is 2.29. The molecule has 18 heavy (non-hydrogen) atoms. The molecule has 0 spiro atoms. The van der Waals surface area contributed by atoms with Gasteiger partial charge in [0.05, 0.1) is 17.9 Å². The van der Waals surface area contributed by atoms with Crippen molar-refractivity contribution < 1.29 is 18.7 Å². The molecule has 0 aliphatic carbocycles. The Morgan fingerprint density at radius 2 is 2.22 bits per heavy atom. The van der Waals surface area contributed by atoms with Gasteiger partial charge in [0.25, 0.3) is 11.8 Å². The maximum atomic E-state index is 12.7. The number of aromatic nitrogens is 2. The Hall–Kier alpha value is -1.70. The van der Waals surface area contributed by atoms with Crippen molar-refractivity contribution in [2.45, 2.75) is 25.7 Å². The zero-order chi connectivity index (χ0) is 13.9. The second-order valence-corrected chi connectivity index (χ2v) is 4.25. The lowest BCUT2D eigenvalue weighted by Crippen LogP contribution is -2.39. The van der Waals surface area contributed by atoms with Crippen molar-refractivity contribution in [1.82, 2.24) is 15.5 Å². The Labute approximate surface area is 103 Å². The number of aromatic amines is 1. The minimum absolute atomic E-state index is 0.0398. The number of nitrogens with one attached hydrogen (secondary N) is 2. The molecule has 0 bridgehead atoms. The monoisotopic (exact) mass is 262 g/mol. The minimum Gasteiger partial charge on any atom is -0.395 e. The van der Waals surface area contributed by atoms with Gasteiger partial charge < -0.3 is 16.2 Å². The van der Waals surface area contributed by atoms with Gasteiger partial charge in [-0.15, -0.1) is 0 Å². The molecule has 1 heterocycles. The summed E-state index contributed by atoms with van der Waals surface area (Å²) in [7, 11) is 0. The van der Waals surface area contributed by atoms with Crippen molar-refractivity contribution in [3.63, 3.8) is 0 Å². The van der Waals surface area contributed by atoms with Gasteiger partial charge in [-0.25, -0.2) is 8.78 Å². The third-order valence-corrected chi connectivity index (χ3v) is 2.36. The molecule has 0 aliphatic heterocycles. The largest absolute Gasteiger partial charge is 0.395 e. The van der Waals surface area contributed by atoms with Crippen LogP contribution in [0, 0.1) is 0 Å². The van der Waals surface area contributed by atoms with E-state index in [1.807, 2.05) is 19.2 Å². The molecule has 1 amide bonds. The van der Waals surface area contributed by atoms with Crippen molar-refractivity contribution in [2.24, 2.45) is 0 Å². The Kier molecular flexibility index (Phi) is 4.23. The Morgan fingerprint density at radius 1 is 1.61 bits per heavy atom. The average molecular weight is 262 g/mol. The number of hydrogen-bond donors (Lipinski definition) is 4. The van der Waals surface area contributed by atoms with Crippen LogP contribution in [0.5, 0.6) is 0 Å². The van der Waals surface area contributed by atoms with Gasteiger partial charge in [-0.1, -0.05) is 13.8 Å². The number of aliphatic hydroxyl groups is 1. The number of nitrogen functional groups attached to an aromatic ring is 1. The maximum Gasteiger partial charge on any atom is 0.287 e. The third kappa shape index (κ3) is 3.16. The Morgan fingerprint density at radius 3 is 2.67 bits per heavy atom. The van der Waals surface area contributed by atoms with Crippen molar-refractivity contribution >= 4 is 11.6 Å². The summed E-state index contributed by atoms with van der Waals surface area (Å²) in [5, 5.41) is 16.6. The Bertz CT molecular complexity index is 432. The standard InChI is InChI=1S/C10H16F2N4O2/c1-5(2)7-6(13)8(16-15-7)9(18)14-3-10(11,12)4-17/h5,17H,3-4,13H2,1-2H3,(H,14,18)(H,15,16). The number of carbonyl (C=O) groups excluding carboxylic acids is 1. The summed E-state index contributed by atoms with van der Waals surface area (Å²) in [5.74, 6) is -4.12. The fourth-order valence-electron chi connectivity index (χ4n) is 1.33. The second kappa shape index (κ2) is 5.30. The molecule has 5 N–H and O–H groups in total. The van der Waals surface area contributed by atoms with Crippen molar-refractivity contribution in [2.75, 3.05) is 18.9 Å². The highest BCUT2D eigenvalue weighted by Crippen LogP contribution is 2.22. The van der Waals surface area contributed by atoms with Crippen molar-refractivity contribution in [3.05, 3.63) is 11.4 Å². The third-order valence-electron chi connectivity index (χ3n) is 2.36. The van der Waals surface area contributed by atoms with Gasteiger partial charge in [0.2, 0.25) is 0 Å². The summed E-state index contributed by atoms with van der Waals surface area (Å²) in [5.41, 5.74) is 6.29. The number of rotatable bonds is 5. The molecule has 0 radical (unpaired) electrons. The van der Waals surface area contributed by atoms with Crippen LogP contribution >= 0.6 is 0 Å². The molecule has 0 saturated heterocycles. The van der Waals surface area contributed by atoms with E-state index in [1.165, 1.54) is 0 Å². The van der Waals surface area contributed by atoms with Crippen LogP contribution in [0.25, 0.3) is 0 Å². The Balaban J connectivity index is 2.74. The normalized spacial score (nSPS) is 11.9. The number of aliphatic hydroxyl groups excluding tert-OH is 1. The number of amides is 1. The number of carbonyl (C=O) groups is 1. The van der Waals surface area contributed by atoms with E-state index in [0.29, 0.717) is 5.69 Å². The van der Waals surface area contributed by atoms with Crippen LogP contribution < -0.4 is 11.1 Å². The number of nitrogens with zero attached hydrogens (tertiary/aromatic N) is 1. The molecule has 0 saturated carbocycles. The highest BCUT2D eigenvalue weighted by atomic mass is 19.3. The lowest BCUT2D eigenvalue weighted by Gasteiger charge is -2.13. The number of anilines is 1. The molecule has 0 unspecified atom stereocenters. The molecule has 1 rings (SSSR count). The molecule has 0 aliphatic rings. The van der Waals surface area contributed by atoms with E-state index in [2.05, 4.69) is 10.2 Å². The number of alkyl halides is 2. The quantitative estimate of drug-likeness (QED) is 0.619. The molecule has 0 fully saturated rings. The summed E-state index contributed by atoms with van der Waals surface area (Å²) in [6.45, 7) is 1.41. The lowest BCUT2D eigenvalue weighted by atomic mass is 10.1. The highest BCUT2D eigenvalue weighted by molar-refractivity contribution is 5.97. The minimum atomic E-state index is -3.36. The predicted octanol–water partition coefficient (Wildman–Crippen LogP) is 0.473. The van der Waals surface area contributed by atoms with Gasteiger partial charge in [-0.05, 0) is 5.92 Å². The van der Waals surface area contributed by atoms with Crippen LogP contribution in [0.15, 0.2) is 0 Å². The van der Waals surface area contributed by atoms with Gasteiger partial charge in [-0.3, -0.25) is 9.89 Å². The van der Waals surface area contributed by atoms with E-state index < -0.39 is 25.0 Å². The van der Waals surface area contributed by atoms with E-state index >= 15 is 0 Å². The van der Waals surface area contributed by atoms with E-state index in [0.717, 1.165) is 0 Å². The van der Waals surface area contributed by atoms with E-state index in [1.54, 1.807) is 0 Å². The summed E-state index contributed by atoms with van der Waals surface area (Å²) in [6.07, 6.45) is 0. The second-order valence-electron chi connectivity index (χ2n) is 4.25. The van der Waals surface area contributed by atoms with Crippen molar-refractivity contribution in [3.8, 4) is 0 Å². The molecular formula is C10H16F2N4O2. The van der Waals surface area contributed by atoms with Crippen LogP contribution in [-0.2, 0) is 0 Å². The molecule has 8 heteroatoms. The first-order valence-corrected chi connectivity index (χ1v) is 5.39. The average Bonchev–Trinajstić information content (AvgIpc) is 2.68. The molecule has 0 atom stereocenters. The molecule has 6 nitrogen and oxygen atoms in total. The summed E-state index contributed by atoms with van der Waals surface area (Å²) in [6, 6.07) is 0. The summed E-state index contributed by atoms with van der Waals surface area (Å²) >= 11 is 0. The first kappa shape index (κ1) is 14.4. The molecule has 1 aromatic heterocycles. The van der Waals surface area contributed by atoms with Gasteiger partial charge in [0, 0.05) is 0 Å². The number of hydrogen-bond acceptors (Lipinski definition) is 4. The fraction of sp³-hybridized carbons (Fsp3) is 0.600. The van der Waals surface area contributed by atoms with E-state index in [4.69, 9.17) is 10.8 Å². The van der Waals surface area contributed by atoms with Crippen LogP contribution in [0.1, 0.15) is 35.9 Å². The molecule has 1 aromatic rings. The van der Waals surface area contributed by atoms with Gasteiger partial charge in [-0.2, -0.15) is 5.10 Å². The van der Waals surface area contributed by atoms with E-state index in [-0.39, 0.29) is 17.3 Å². The zero-order valence-corrected chi connectivity index (χ0v) is 10.1. The lowest BCUT2D eigenvalue weighted by molar-refractivity contribution is -0.0462. The summed E-state index contributed by atoms with van der Waals surface area (Å²) in [4.78, 5) is 11.6. The smallest absolute Gasteiger partial charge is 0.287 e.